The Morgan fingerprint density at radius 1 is 0.919 bits per heavy atom. The van der Waals surface area contributed by atoms with E-state index < -0.39 is 23.8 Å². The van der Waals surface area contributed by atoms with Crippen molar-refractivity contribution in [2.45, 2.75) is 92.6 Å². The lowest BCUT2D eigenvalue weighted by Gasteiger charge is -2.38. The lowest BCUT2D eigenvalue weighted by molar-refractivity contribution is -0.145. The Bertz CT molecular complexity index is 1070. The van der Waals surface area contributed by atoms with Crippen LogP contribution < -0.4 is 10.6 Å². The summed E-state index contributed by atoms with van der Waals surface area (Å²) in [5.74, 6) is -0.850. The average Bonchev–Trinajstić information content (AvgIpc) is 2.80. The van der Waals surface area contributed by atoms with Gasteiger partial charge in [0.25, 0.3) is 0 Å². The van der Waals surface area contributed by atoms with E-state index in [4.69, 9.17) is 4.74 Å². The molecule has 7 nitrogen and oxygen atoms in total. The molecule has 0 radical (unpaired) electrons. The molecule has 2 aromatic rings. The van der Waals surface area contributed by atoms with Crippen molar-refractivity contribution in [1.82, 2.24) is 15.5 Å². The first kappa shape index (κ1) is 29.9. The Morgan fingerprint density at radius 2 is 1.54 bits per heavy atom. The number of nitrogens with one attached hydrogen (secondary N) is 2. The predicted octanol–water partition coefficient (Wildman–Crippen LogP) is 5.45. The molecule has 2 atom stereocenters. The van der Waals surface area contributed by atoms with Gasteiger partial charge < -0.3 is 20.3 Å². The highest BCUT2D eigenvalue weighted by atomic mass is 16.6. The highest BCUT2D eigenvalue weighted by molar-refractivity contribution is 5.92. The van der Waals surface area contributed by atoms with Crippen molar-refractivity contribution in [2.75, 3.05) is 0 Å². The van der Waals surface area contributed by atoms with Crippen molar-refractivity contribution in [1.29, 1.82) is 0 Å². The summed E-state index contributed by atoms with van der Waals surface area (Å²) in [6.45, 7) is 17.1. The number of carbonyl (C=O) groups excluding carboxylic acids is 3. The molecule has 3 amide bonds. The van der Waals surface area contributed by atoms with E-state index in [1.54, 1.807) is 25.7 Å². The molecule has 0 aliphatic carbocycles. The fourth-order valence-electron chi connectivity index (χ4n) is 4.04. The van der Waals surface area contributed by atoms with E-state index in [2.05, 4.69) is 10.6 Å². The van der Waals surface area contributed by atoms with Crippen molar-refractivity contribution >= 4 is 17.9 Å². The number of hydrogen-bond acceptors (Lipinski definition) is 4. The third kappa shape index (κ3) is 8.62. The molecule has 2 aromatic carbocycles. The van der Waals surface area contributed by atoms with Crippen molar-refractivity contribution in [2.24, 2.45) is 5.92 Å². The highest BCUT2D eigenvalue weighted by Crippen LogP contribution is 2.28. The molecule has 0 aliphatic rings. The number of nitrogens with zero attached hydrogens (tertiary/aromatic N) is 1. The van der Waals surface area contributed by atoms with Crippen molar-refractivity contribution in [3.8, 4) is 0 Å². The van der Waals surface area contributed by atoms with Crippen LogP contribution >= 0.6 is 0 Å². The molecule has 37 heavy (non-hydrogen) atoms. The van der Waals surface area contributed by atoms with Gasteiger partial charge in [-0.2, -0.15) is 0 Å². The monoisotopic (exact) mass is 509 g/mol. The minimum atomic E-state index is -0.878. The molecule has 0 saturated carbocycles. The summed E-state index contributed by atoms with van der Waals surface area (Å²) in [6, 6.07) is 13.4. The maximum Gasteiger partial charge on any atom is 0.408 e. The van der Waals surface area contributed by atoms with E-state index in [9.17, 15) is 14.4 Å². The van der Waals surface area contributed by atoms with Gasteiger partial charge in [0.15, 0.2) is 0 Å². The summed E-state index contributed by atoms with van der Waals surface area (Å²) in [4.78, 5) is 42.0. The second kappa shape index (κ2) is 12.7. The molecule has 0 aliphatic heterocycles. The van der Waals surface area contributed by atoms with Crippen LogP contribution in [0.2, 0.25) is 0 Å². The summed E-state index contributed by atoms with van der Waals surface area (Å²) >= 11 is 0. The standard InChI is InChI=1S/C30H43N3O4/c1-19(2)25(32-29(36)37-30(7,8)9)28(35)33(20(3)4)26(24-16-15-21(5)22(6)17-24)27(34)31-18-23-13-11-10-12-14-23/h10-17,19-20,25-26H,18H2,1-9H3,(H,31,34)(H,32,36). The molecular weight excluding hydrogens is 466 g/mol. The van der Waals surface area contributed by atoms with Crippen molar-refractivity contribution < 1.29 is 19.1 Å². The topological polar surface area (TPSA) is 87.7 Å². The molecule has 0 bridgehead atoms. The molecule has 0 spiro atoms. The van der Waals surface area contributed by atoms with Crippen molar-refractivity contribution in [3.05, 3.63) is 70.8 Å². The fourth-order valence-corrected chi connectivity index (χ4v) is 4.04. The minimum Gasteiger partial charge on any atom is -0.444 e. The zero-order valence-electron chi connectivity index (χ0n) is 23.7. The van der Waals surface area contributed by atoms with E-state index >= 15 is 0 Å². The van der Waals surface area contributed by atoms with Gasteiger partial charge in [-0.15, -0.1) is 0 Å². The largest absolute Gasteiger partial charge is 0.444 e. The first-order valence-corrected chi connectivity index (χ1v) is 12.9. The number of rotatable bonds is 9. The highest BCUT2D eigenvalue weighted by Gasteiger charge is 2.39. The fraction of sp³-hybridized carbons (Fsp3) is 0.500. The average molecular weight is 510 g/mol. The molecule has 0 saturated heterocycles. The summed E-state index contributed by atoms with van der Waals surface area (Å²) in [5.41, 5.74) is 3.11. The van der Waals surface area contributed by atoms with Crippen LogP contribution in [0.4, 0.5) is 4.79 Å². The maximum absolute atomic E-state index is 14.0. The van der Waals surface area contributed by atoms with Crippen LogP contribution in [0.15, 0.2) is 48.5 Å². The van der Waals surface area contributed by atoms with Crippen LogP contribution in [0.5, 0.6) is 0 Å². The normalized spacial score (nSPS) is 13.2. The molecule has 2 unspecified atom stereocenters. The number of carbonyl (C=O) groups is 3. The van der Waals surface area contributed by atoms with Gasteiger partial charge in [0, 0.05) is 12.6 Å². The number of benzene rings is 2. The van der Waals surface area contributed by atoms with Crippen LogP contribution in [0.25, 0.3) is 0 Å². The summed E-state index contributed by atoms with van der Waals surface area (Å²) < 4.78 is 5.42. The molecule has 0 fully saturated rings. The second-order valence-corrected chi connectivity index (χ2v) is 11.2. The zero-order valence-corrected chi connectivity index (χ0v) is 23.7. The van der Waals surface area contributed by atoms with Gasteiger partial charge in [0.1, 0.15) is 17.7 Å². The Kier molecular flexibility index (Phi) is 10.3. The van der Waals surface area contributed by atoms with Gasteiger partial charge in [-0.3, -0.25) is 9.59 Å². The smallest absolute Gasteiger partial charge is 0.408 e. The Hall–Kier alpha value is -3.35. The maximum atomic E-state index is 14.0. The van der Waals surface area contributed by atoms with E-state index in [0.717, 1.165) is 22.3 Å². The zero-order chi connectivity index (χ0) is 27.9. The number of aryl methyl sites for hydroxylation is 2. The Morgan fingerprint density at radius 3 is 2.05 bits per heavy atom. The third-order valence-electron chi connectivity index (χ3n) is 6.10. The van der Waals surface area contributed by atoms with Gasteiger partial charge in [-0.25, -0.2) is 4.79 Å². The minimum absolute atomic E-state index is 0.228. The number of amides is 3. The summed E-state index contributed by atoms with van der Waals surface area (Å²) in [7, 11) is 0. The molecule has 0 heterocycles. The van der Waals surface area contributed by atoms with Gasteiger partial charge in [0.05, 0.1) is 0 Å². The molecule has 2 N–H and O–H groups in total. The number of hydrogen-bond donors (Lipinski definition) is 2. The third-order valence-corrected chi connectivity index (χ3v) is 6.10. The first-order chi connectivity index (χ1) is 17.2. The quantitative estimate of drug-likeness (QED) is 0.471. The summed E-state index contributed by atoms with van der Waals surface area (Å²) in [6.07, 6.45) is -0.667. The lowest BCUT2D eigenvalue weighted by Crippen LogP contribution is -2.56. The van der Waals surface area contributed by atoms with Crippen LogP contribution in [-0.4, -0.2) is 40.5 Å². The first-order valence-electron chi connectivity index (χ1n) is 12.9. The Labute approximate surface area is 222 Å². The van der Waals surface area contributed by atoms with Gasteiger partial charge in [0.2, 0.25) is 11.8 Å². The molecule has 0 aromatic heterocycles. The van der Waals surface area contributed by atoms with Crippen LogP contribution in [-0.2, 0) is 20.9 Å². The number of ether oxygens (including phenoxy) is 1. The predicted molar refractivity (Wildman–Crippen MR) is 147 cm³/mol. The summed E-state index contributed by atoms with van der Waals surface area (Å²) in [5, 5.41) is 5.76. The van der Waals surface area contributed by atoms with Gasteiger partial charge >= 0.3 is 6.09 Å². The van der Waals surface area contributed by atoms with E-state index in [1.807, 2.05) is 90.1 Å². The van der Waals surface area contributed by atoms with Gasteiger partial charge in [-0.1, -0.05) is 62.4 Å². The molecule has 2 rings (SSSR count). The molecule has 202 valence electrons. The second-order valence-electron chi connectivity index (χ2n) is 11.2. The Balaban J connectivity index is 2.47. The van der Waals surface area contributed by atoms with Crippen molar-refractivity contribution in [3.63, 3.8) is 0 Å². The van der Waals surface area contributed by atoms with Crippen LogP contribution in [0.3, 0.4) is 0 Å². The van der Waals surface area contributed by atoms with E-state index in [0.29, 0.717) is 6.54 Å². The number of alkyl carbamates (subject to hydrolysis) is 1. The molecule has 7 heteroatoms. The lowest BCUT2D eigenvalue weighted by atomic mass is 9.95. The van der Waals surface area contributed by atoms with Gasteiger partial charge in [-0.05, 0) is 76.6 Å². The SMILES string of the molecule is Cc1ccc(C(C(=O)NCc2ccccc2)N(C(=O)C(NC(=O)OC(C)(C)C)C(C)C)C(C)C)cc1C. The van der Waals surface area contributed by atoms with E-state index in [1.165, 1.54) is 0 Å². The van der Waals surface area contributed by atoms with Crippen LogP contribution in [0.1, 0.15) is 76.8 Å². The molecular formula is C30H43N3O4. The van der Waals surface area contributed by atoms with Crippen LogP contribution in [0, 0.1) is 19.8 Å². The van der Waals surface area contributed by atoms with E-state index in [-0.39, 0.29) is 23.8 Å².